The fourth-order valence-electron chi connectivity index (χ4n) is 2.50. The Bertz CT molecular complexity index is 805. The van der Waals surface area contributed by atoms with Crippen molar-refractivity contribution in [3.63, 3.8) is 0 Å². The van der Waals surface area contributed by atoms with E-state index in [1.807, 2.05) is 18.2 Å². The first kappa shape index (κ1) is 22.1. The first-order valence-corrected chi connectivity index (χ1v) is 8.88. The van der Waals surface area contributed by atoms with Crippen LogP contribution in [0.25, 0.3) is 10.2 Å². The molecule has 138 valence electrons. The van der Waals surface area contributed by atoms with Crippen LogP contribution in [-0.2, 0) is 13.0 Å². The summed E-state index contributed by atoms with van der Waals surface area (Å²) >= 11 is 7.95. The maximum absolute atomic E-state index is 6.20. The molecule has 0 fully saturated rings. The summed E-state index contributed by atoms with van der Waals surface area (Å²) in [5.41, 5.74) is 9.24. The van der Waals surface area contributed by atoms with Gasteiger partial charge in [-0.25, -0.2) is 4.98 Å². The molecule has 3 rings (SSSR count). The zero-order valence-electron chi connectivity index (χ0n) is 14.0. The van der Waals surface area contributed by atoms with E-state index in [-0.39, 0.29) is 30.9 Å². The molecule has 0 saturated carbocycles. The Balaban J connectivity index is 0.00000156. The van der Waals surface area contributed by atoms with Crippen LogP contribution in [0.3, 0.4) is 0 Å². The molecule has 3 heterocycles. The van der Waals surface area contributed by atoms with Gasteiger partial charge in [0.25, 0.3) is 0 Å². The van der Waals surface area contributed by atoms with E-state index in [9.17, 15) is 0 Å². The zero-order chi connectivity index (χ0) is 16.4. The Morgan fingerprint density at radius 3 is 2.80 bits per heavy atom. The standard InChI is InChI=1S/C17H20ClN3OS.2ClH/c1-3-11(19)7-14-10(2)16-17(23-14)13(8-15(18)21-16)20-9-12-5-4-6-22-12;;/h4-6,8,11H,3,7,9,19H2,1-2H3,(H,20,21);2*1H. The summed E-state index contributed by atoms with van der Waals surface area (Å²) in [6.45, 7) is 4.82. The van der Waals surface area contributed by atoms with Crippen LogP contribution in [-0.4, -0.2) is 11.0 Å². The summed E-state index contributed by atoms with van der Waals surface area (Å²) in [6.07, 6.45) is 3.51. The van der Waals surface area contributed by atoms with Gasteiger partial charge >= 0.3 is 0 Å². The third-order valence-electron chi connectivity index (χ3n) is 3.95. The van der Waals surface area contributed by atoms with Crippen molar-refractivity contribution in [2.45, 2.75) is 39.3 Å². The number of pyridine rings is 1. The number of aryl methyl sites for hydroxylation is 1. The third kappa shape index (κ3) is 5.02. The molecule has 3 aromatic rings. The summed E-state index contributed by atoms with van der Waals surface area (Å²) in [5.74, 6) is 0.882. The number of hydrogen-bond donors (Lipinski definition) is 2. The van der Waals surface area contributed by atoms with Crippen LogP contribution in [0.15, 0.2) is 28.9 Å². The fraction of sp³-hybridized carbons (Fsp3) is 0.353. The summed E-state index contributed by atoms with van der Waals surface area (Å²) in [5, 5.41) is 3.89. The number of hydrogen-bond acceptors (Lipinski definition) is 5. The summed E-state index contributed by atoms with van der Waals surface area (Å²) in [4.78, 5) is 5.79. The van der Waals surface area contributed by atoms with E-state index in [4.69, 9.17) is 21.8 Å². The lowest BCUT2D eigenvalue weighted by Gasteiger charge is -2.06. The van der Waals surface area contributed by atoms with Crippen molar-refractivity contribution in [3.05, 3.63) is 45.8 Å². The lowest BCUT2D eigenvalue weighted by molar-refractivity contribution is 0.518. The molecule has 25 heavy (non-hydrogen) atoms. The minimum atomic E-state index is 0. The van der Waals surface area contributed by atoms with E-state index in [0.29, 0.717) is 11.7 Å². The largest absolute Gasteiger partial charge is 0.467 e. The Morgan fingerprint density at radius 2 is 2.16 bits per heavy atom. The van der Waals surface area contributed by atoms with Crippen LogP contribution in [0.5, 0.6) is 0 Å². The second kappa shape index (κ2) is 9.64. The molecular formula is C17H22Cl3N3OS. The van der Waals surface area contributed by atoms with Gasteiger partial charge in [-0.2, -0.15) is 0 Å². The van der Waals surface area contributed by atoms with Gasteiger partial charge in [0.1, 0.15) is 10.9 Å². The molecule has 0 bridgehead atoms. The monoisotopic (exact) mass is 421 g/mol. The minimum Gasteiger partial charge on any atom is -0.467 e. The van der Waals surface area contributed by atoms with E-state index in [0.717, 1.165) is 34.5 Å². The van der Waals surface area contributed by atoms with Crippen LogP contribution in [0, 0.1) is 6.92 Å². The number of anilines is 1. The van der Waals surface area contributed by atoms with E-state index >= 15 is 0 Å². The molecule has 0 aromatic carbocycles. The zero-order valence-corrected chi connectivity index (χ0v) is 17.2. The van der Waals surface area contributed by atoms with Gasteiger partial charge in [0.2, 0.25) is 0 Å². The molecule has 0 saturated heterocycles. The van der Waals surface area contributed by atoms with Crippen LogP contribution in [0.2, 0.25) is 5.15 Å². The molecule has 0 amide bonds. The predicted molar refractivity (Wildman–Crippen MR) is 112 cm³/mol. The van der Waals surface area contributed by atoms with Gasteiger partial charge in [0.15, 0.2) is 0 Å². The predicted octanol–water partition coefficient (Wildman–Crippen LogP) is 5.59. The molecule has 3 aromatic heterocycles. The number of fused-ring (bicyclic) bond motifs is 1. The van der Waals surface area contributed by atoms with Gasteiger partial charge in [-0.05, 0) is 37.5 Å². The van der Waals surface area contributed by atoms with Crippen LogP contribution >= 0.6 is 47.8 Å². The van der Waals surface area contributed by atoms with Gasteiger partial charge < -0.3 is 15.5 Å². The molecule has 0 aliphatic heterocycles. The van der Waals surface area contributed by atoms with Crippen molar-refractivity contribution in [3.8, 4) is 0 Å². The Hall–Kier alpha value is -0.980. The average molecular weight is 423 g/mol. The molecule has 0 spiro atoms. The maximum atomic E-state index is 6.20. The molecule has 0 aliphatic rings. The highest BCUT2D eigenvalue weighted by Gasteiger charge is 2.16. The molecular weight excluding hydrogens is 401 g/mol. The quantitative estimate of drug-likeness (QED) is 0.508. The van der Waals surface area contributed by atoms with Gasteiger partial charge in [0, 0.05) is 17.0 Å². The molecule has 0 aliphatic carbocycles. The molecule has 1 unspecified atom stereocenters. The van der Waals surface area contributed by atoms with E-state index in [1.165, 1.54) is 10.4 Å². The normalized spacial score (nSPS) is 11.7. The highest BCUT2D eigenvalue weighted by molar-refractivity contribution is 7.19. The number of furan rings is 1. The third-order valence-corrected chi connectivity index (χ3v) is 5.48. The molecule has 8 heteroatoms. The average Bonchev–Trinajstić information content (AvgIpc) is 3.15. The maximum Gasteiger partial charge on any atom is 0.131 e. The van der Waals surface area contributed by atoms with Crippen molar-refractivity contribution in [2.75, 3.05) is 5.32 Å². The Kier molecular flexibility index (Phi) is 8.51. The van der Waals surface area contributed by atoms with Crippen molar-refractivity contribution < 1.29 is 4.42 Å². The number of nitrogens with one attached hydrogen (secondary N) is 1. The molecule has 3 N–H and O–H groups in total. The van der Waals surface area contributed by atoms with E-state index in [2.05, 4.69) is 24.1 Å². The van der Waals surface area contributed by atoms with Gasteiger partial charge in [-0.3, -0.25) is 0 Å². The highest BCUT2D eigenvalue weighted by Crippen LogP contribution is 2.37. The lowest BCUT2D eigenvalue weighted by atomic mass is 10.1. The Morgan fingerprint density at radius 1 is 1.40 bits per heavy atom. The van der Waals surface area contributed by atoms with E-state index < -0.39 is 0 Å². The van der Waals surface area contributed by atoms with Crippen LogP contribution in [0.1, 0.15) is 29.5 Å². The second-order valence-electron chi connectivity index (χ2n) is 5.63. The number of nitrogens with two attached hydrogens (primary N) is 1. The summed E-state index contributed by atoms with van der Waals surface area (Å²) in [7, 11) is 0. The number of rotatable bonds is 6. The molecule has 0 radical (unpaired) electrons. The molecule has 1 atom stereocenters. The SMILES string of the molecule is CCC(N)Cc1sc2c(NCc3ccco3)cc(Cl)nc2c1C.Cl.Cl. The highest BCUT2D eigenvalue weighted by atomic mass is 35.5. The van der Waals surface area contributed by atoms with Crippen molar-refractivity contribution in [1.82, 2.24) is 4.98 Å². The van der Waals surface area contributed by atoms with Crippen molar-refractivity contribution in [1.29, 1.82) is 0 Å². The number of halogens is 3. The van der Waals surface area contributed by atoms with Gasteiger partial charge in [-0.15, -0.1) is 36.2 Å². The van der Waals surface area contributed by atoms with Crippen molar-refractivity contribution in [2.24, 2.45) is 5.73 Å². The first-order chi connectivity index (χ1) is 11.1. The lowest BCUT2D eigenvalue weighted by Crippen LogP contribution is -2.21. The fourth-order valence-corrected chi connectivity index (χ4v) is 4.02. The van der Waals surface area contributed by atoms with Gasteiger partial charge in [0.05, 0.1) is 28.7 Å². The van der Waals surface area contributed by atoms with Crippen LogP contribution in [0.4, 0.5) is 5.69 Å². The summed E-state index contributed by atoms with van der Waals surface area (Å²) in [6, 6.07) is 5.87. The number of nitrogens with zero attached hydrogens (tertiary/aromatic N) is 1. The van der Waals surface area contributed by atoms with Gasteiger partial charge in [-0.1, -0.05) is 18.5 Å². The summed E-state index contributed by atoms with van der Waals surface area (Å²) < 4.78 is 6.49. The number of thiophene rings is 1. The minimum absolute atomic E-state index is 0. The topological polar surface area (TPSA) is 64.1 Å². The second-order valence-corrected chi connectivity index (χ2v) is 7.12. The van der Waals surface area contributed by atoms with Crippen molar-refractivity contribution >= 4 is 63.7 Å². The first-order valence-electron chi connectivity index (χ1n) is 7.68. The smallest absolute Gasteiger partial charge is 0.131 e. The van der Waals surface area contributed by atoms with E-state index in [1.54, 1.807) is 17.6 Å². The number of aromatic nitrogens is 1. The molecule has 4 nitrogen and oxygen atoms in total. The van der Waals surface area contributed by atoms with Crippen LogP contribution < -0.4 is 11.1 Å². The Labute approximate surface area is 169 Å².